The second-order valence-corrected chi connectivity index (χ2v) is 8.13. The third kappa shape index (κ3) is 4.39. The zero-order valence-electron chi connectivity index (χ0n) is 18.5. The third-order valence-electron chi connectivity index (χ3n) is 5.49. The summed E-state index contributed by atoms with van der Waals surface area (Å²) in [7, 11) is 5.95. The third-order valence-corrected chi connectivity index (χ3v) is 5.49. The van der Waals surface area contributed by atoms with Gasteiger partial charge in [0.05, 0.1) is 6.04 Å². The highest BCUT2D eigenvalue weighted by molar-refractivity contribution is 6.39. The van der Waals surface area contributed by atoms with Crippen molar-refractivity contribution in [3.63, 3.8) is 0 Å². The Labute approximate surface area is 177 Å². The fourth-order valence-corrected chi connectivity index (χ4v) is 4.03. The van der Waals surface area contributed by atoms with E-state index in [-0.39, 0.29) is 6.04 Å². The molecule has 0 saturated heterocycles. The Hall–Kier alpha value is -3.12. The van der Waals surface area contributed by atoms with Crippen LogP contribution in [0.4, 0.5) is 5.69 Å². The highest BCUT2D eigenvalue weighted by Crippen LogP contribution is 2.28. The van der Waals surface area contributed by atoms with Crippen molar-refractivity contribution in [1.29, 1.82) is 0 Å². The summed E-state index contributed by atoms with van der Waals surface area (Å²) in [4.78, 5) is 27.1. The number of benzene rings is 2. The fraction of sp³-hybridized carbons (Fsp3) is 0.333. The van der Waals surface area contributed by atoms with Gasteiger partial charge in [0.2, 0.25) is 0 Å². The highest BCUT2D eigenvalue weighted by atomic mass is 16.2. The minimum atomic E-state index is -0.652. The molecule has 0 radical (unpaired) electrons. The number of likely N-dealkylation sites (N-methyl/N-ethyl adjacent to an activating group) is 1. The summed E-state index contributed by atoms with van der Waals surface area (Å²) in [6, 6.07) is 12.1. The first kappa shape index (κ1) is 21.6. The van der Waals surface area contributed by atoms with Crippen molar-refractivity contribution in [1.82, 2.24) is 14.8 Å². The second kappa shape index (κ2) is 8.71. The smallest absolute Gasteiger partial charge is 0.313 e. The maximum atomic E-state index is 12.5. The van der Waals surface area contributed by atoms with Gasteiger partial charge >= 0.3 is 11.8 Å². The molecule has 3 rings (SSSR count). The minimum Gasteiger partial charge on any atom is -0.350 e. The Morgan fingerprint density at radius 1 is 1.03 bits per heavy atom. The predicted octanol–water partition coefficient (Wildman–Crippen LogP) is 3.46. The Morgan fingerprint density at radius 3 is 2.30 bits per heavy atom. The van der Waals surface area contributed by atoms with Gasteiger partial charge in [0.15, 0.2) is 0 Å². The predicted molar refractivity (Wildman–Crippen MR) is 122 cm³/mol. The topological polar surface area (TPSA) is 66.4 Å². The number of fused-ring (bicyclic) bond motifs is 1. The first-order chi connectivity index (χ1) is 14.2. The molecule has 1 atom stereocenters. The van der Waals surface area contributed by atoms with Crippen LogP contribution in [0.1, 0.15) is 28.3 Å². The van der Waals surface area contributed by atoms with Gasteiger partial charge in [-0.15, -0.1) is 0 Å². The van der Waals surface area contributed by atoms with Gasteiger partial charge in [-0.3, -0.25) is 9.59 Å². The molecule has 30 heavy (non-hydrogen) atoms. The second-order valence-electron chi connectivity index (χ2n) is 8.13. The number of nitrogens with zero attached hydrogens (tertiary/aromatic N) is 2. The maximum absolute atomic E-state index is 12.5. The molecule has 0 saturated carbocycles. The zero-order valence-corrected chi connectivity index (χ0v) is 18.5. The van der Waals surface area contributed by atoms with Crippen LogP contribution >= 0.6 is 0 Å². The molecule has 1 unspecified atom stereocenters. The average molecular weight is 407 g/mol. The molecular formula is C24H30N4O2. The van der Waals surface area contributed by atoms with Gasteiger partial charge < -0.3 is 20.1 Å². The molecule has 1 aromatic heterocycles. The molecule has 0 spiro atoms. The van der Waals surface area contributed by atoms with Crippen molar-refractivity contribution >= 4 is 28.4 Å². The van der Waals surface area contributed by atoms with Crippen molar-refractivity contribution in [3.05, 3.63) is 64.8 Å². The van der Waals surface area contributed by atoms with Gasteiger partial charge in [-0.1, -0.05) is 35.9 Å². The van der Waals surface area contributed by atoms with Crippen molar-refractivity contribution in [2.24, 2.45) is 7.05 Å². The van der Waals surface area contributed by atoms with E-state index in [9.17, 15) is 9.59 Å². The Kier molecular flexibility index (Phi) is 6.27. The van der Waals surface area contributed by atoms with Gasteiger partial charge in [-0.05, 0) is 57.6 Å². The number of carbonyl (C=O) groups excluding carboxylic acids is 2. The number of aryl methyl sites for hydroxylation is 4. The summed E-state index contributed by atoms with van der Waals surface area (Å²) in [5.41, 5.74) is 5.94. The van der Waals surface area contributed by atoms with Crippen LogP contribution in [0.2, 0.25) is 0 Å². The molecule has 6 nitrogen and oxygen atoms in total. The van der Waals surface area contributed by atoms with Gasteiger partial charge in [0.1, 0.15) is 0 Å². The first-order valence-electron chi connectivity index (χ1n) is 10.1. The quantitative estimate of drug-likeness (QED) is 0.638. The summed E-state index contributed by atoms with van der Waals surface area (Å²) in [5.74, 6) is -1.29. The lowest BCUT2D eigenvalue weighted by Gasteiger charge is -2.24. The van der Waals surface area contributed by atoms with Crippen LogP contribution in [0.3, 0.4) is 0 Å². The summed E-state index contributed by atoms with van der Waals surface area (Å²) < 4.78 is 2.08. The Balaban J connectivity index is 1.73. The Morgan fingerprint density at radius 2 is 1.67 bits per heavy atom. The number of anilines is 1. The SMILES string of the molecule is Cc1cc(C)c(NC(=O)C(=O)NCC(c2cn(C)c3ccccc23)N(C)C)c(C)c1. The highest BCUT2D eigenvalue weighted by Gasteiger charge is 2.22. The van der Waals surface area contributed by atoms with E-state index in [1.165, 1.54) is 0 Å². The summed E-state index contributed by atoms with van der Waals surface area (Å²) in [6.07, 6.45) is 2.08. The maximum Gasteiger partial charge on any atom is 0.313 e. The van der Waals surface area contributed by atoms with E-state index in [1.54, 1.807) is 0 Å². The number of rotatable bonds is 5. The molecule has 6 heteroatoms. The molecule has 0 aliphatic rings. The van der Waals surface area contributed by atoms with Crippen LogP contribution in [0.25, 0.3) is 10.9 Å². The number of para-hydroxylation sites is 1. The van der Waals surface area contributed by atoms with Gasteiger partial charge in [-0.2, -0.15) is 0 Å². The van der Waals surface area contributed by atoms with Crippen molar-refractivity contribution in [2.75, 3.05) is 26.0 Å². The fourth-order valence-electron chi connectivity index (χ4n) is 4.03. The molecule has 3 aromatic rings. The van der Waals surface area contributed by atoms with E-state index in [0.717, 1.165) is 33.2 Å². The molecule has 0 aliphatic carbocycles. The summed E-state index contributed by atoms with van der Waals surface area (Å²) in [6.45, 7) is 6.19. The van der Waals surface area contributed by atoms with E-state index in [2.05, 4.69) is 33.5 Å². The van der Waals surface area contributed by atoms with Crippen LogP contribution in [0.15, 0.2) is 42.6 Å². The average Bonchev–Trinajstić information content (AvgIpc) is 3.01. The summed E-state index contributed by atoms with van der Waals surface area (Å²) in [5, 5.41) is 6.71. The molecule has 158 valence electrons. The number of nitrogens with one attached hydrogen (secondary N) is 2. The molecule has 1 heterocycles. The largest absolute Gasteiger partial charge is 0.350 e. The number of hydrogen-bond acceptors (Lipinski definition) is 3. The zero-order chi connectivity index (χ0) is 22.0. The summed E-state index contributed by atoms with van der Waals surface area (Å²) >= 11 is 0. The number of amides is 2. The lowest BCUT2D eigenvalue weighted by molar-refractivity contribution is -0.136. The Bertz CT molecular complexity index is 1070. The van der Waals surface area contributed by atoms with Crippen LogP contribution < -0.4 is 10.6 Å². The van der Waals surface area contributed by atoms with E-state index < -0.39 is 11.8 Å². The minimum absolute atomic E-state index is 0.0595. The van der Waals surface area contributed by atoms with Crippen LogP contribution in [0.5, 0.6) is 0 Å². The van der Waals surface area contributed by atoms with E-state index in [4.69, 9.17) is 0 Å². The van der Waals surface area contributed by atoms with Crippen molar-refractivity contribution in [3.8, 4) is 0 Å². The standard InChI is InChI=1S/C24H30N4O2/c1-15-11-16(2)22(17(3)12-15)26-24(30)23(29)25-13-21(27(4)5)19-14-28(6)20-10-8-7-9-18(19)20/h7-12,14,21H,13H2,1-6H3,(H,25,29)(H,26,30). The monoisotopic (exact) mass is 406 g/mol. The van der Waals surface area contributed by atoms with E-state index >= 15 is 0 Å². The molecule has 0 bridgehead atoms. The number of carbonyl (C=O) groups is 2. The lowest BCUT2D eigenvalue weighted by atomic mass is 10.0. The van der Waals surface area contributed by atoms with Crippen LogP contribution in [-0.2, 0) is 16.6 Å². The van der Waals surface area contributed by atoms with Crippen LogP contribution in [-0.4, -0.2) is 41.9 Å². The van der Waals surface area contributed by atoms with Crippen LogP contribution in [0, 0.1) is 20.8 Å². The lowest BCUT2D eigenvalue weighted by Crippen LogP contribution is -2.40. The van der Waals surface area contributed by atoms with E-state index in [0.29, 0.717) is 12.2 Å². The van der Waals surface area contributed by atoms with Gasteiger partial charge in [0, 0.05) is 36.4 Å². The first-order valence-corrected chi connectivity index (χ1v) is 10.1. The number of hydrogen-bond donors (Lipinski definition) is 2. The van der Waals surface area contributed by atoms with Gasteiger partial charge in [0.25, 0.3) is 0 Å². The molecule has 0 aliphatic heterocycles. The molecule has 2 N–H and O–H groups in total. The van der Waals surface area contributed by atoms with Gasteiger partial charge in [-0.25, -0.2) is 0 Å². The van der Waals surface area contributed by atoms with Crippen molar-refractivity contribution in [2.45, 2.75) is 26.8 Å². The van der Waals surface area contributed by atoms with E-state index in [1.807, 2.05) is 71.1 Å². The van der Waals surface area contributed by atoms with Crippen molar-refractivity contribution < 1.29 is 9.59 Å². The molecular weight excluding hydrogens is 376 g/mol. The molecule has 2 amide bonds. The number of aromatic nitrogens is 1. The normalized spacial score (nSPS) is 12.2. The molecule has 0 fully saturated rings. The molecule has 2 aromatic carbocycles.